The third-order valence-corrected chi connectivity index (χ3v) is 3.71. The molecule has 0 saturated carbocycles. The largest absolute Gasteiger partial charge is 0.361 e. The summed E-state index contributed by atoms with van der Waals surface area (Å²) in [5.74, 6) is 0. The maximum atomic E-state index is 3.23. The predicted octanol–water partition coefficient (Wildman–Crippen LogP) is 3.68. The van der Waals surface area contributed by atoms with Crippen LogP contribution in [0, 0.1) is 20.8 Å². The first-order chi connectivity index (χ1) is 10.1. The van der Waals surface area contributed by atoms with Crippen LogP contribution in [0.2, 0.25) is 0 Å². The van der Waals surface area contributed by atoms with Gasteiger partial charge in [-0.05, 0) is 44.1 Å². The van der Waals surface area contributed by atoms with Gasteiger partial charge in [0.05, 0.1) is 12.4 Å². The molecule has 3 nitrogen and oxygen atoms in total. The van der Waals surface area contributed by atoms with E-state index in [1.54, 1.807) is 0 Å². The molecule has 0 spiro atoms. The molecule has 0 aliphatic carbocycles. The Hall–Kier alpha value is -2.42. The van der Waals surface area contributed by atoms with Crippen molar-refractivity contribution in [3.8, 4) is 0 Å². The summed E-state index contributed by atoms with van der Waals surface area (Å²) in [5.41, 5.74) is 6.38. The smallest absolute Gasteiger partial charge is 0.0984 e. The lowest BCUT2D eigenvalue weighted by molar-refractivity contribution is 0.541. The van der Waals surface area contributed by atoms with Gasteiger partial charge in [0, 0.05) is 30.5 Å². The van der Waals surface area contributed by atoms with E-state index in [9.17, 15) is 0 Å². The zero-order valence-corrected chi connectivity index (χ0v) is 12.8. The van der Waals surface area contributed by atoms with Crippen molar-refractivity contribution in [1.82, 2.24) is 10.2 Å². The maximum absolute atomic E-state index is 3.23. The van der Waals surface area contributed by atoms with Gasteiger partial charge in [-0.1, -0.05) is 23.8 Å². The number of aryl methyl sites for hydroxylation is 3. The SMILES string of the molecule is Cc1cc(C)c(N2C=CN(/C=C3/C=CC=CN3)C2)c(C)c1. The molecule has 0 unspecified atom stereocenters. The fraction of sp³-hybridized carbons (Fsp3) is 0.222. The van der Waals surface area contributed by atoms with Gasteiger partial charge in [-0.15, -0.1) is 0 Å². The third kappa shape index (κ3) is 2.87. The average molecular weight is 279 g/mol. The lowest BCUT2D eigenvalue weighted by atomic mass is 10.0. The van der Waals surface area contributed by atoms with Gasteiger partial charge in [-0.3, -0.25) is 0 Å². The average Bonchev–Trinajstić information content (AvgIpc) is 2.87. The highest BCUT2D eigenvalue weighted by Gasteiger charge is 2.16. The number of rotatable bonds is 2. The molecule has 0 amide bonds. The molecule has 0 bridgehead atoms. The summed E-state index contributed by atoms with van der Waals surface area (Å²) in [6.45, 7) is 7.35. The van der Waals surface area contributed by atoms with Crippen molar-refractivity contribution in [3.63, 3.8) is 0 Å². The Bertz CT molecular complexity index is 642. The van der Waals surface area contributed by atoms with E-state index in [0.717, 1.165) is 12.4 Å². The van der Waals surface area contributed by atoms with Crippen LogP contribution in [-0.4, -0.2) is 11.6 Å². The Morgan fingerprint density at radius 2 is 1.81 bits per heavy atom. The summed E-state index contributed by atoms with van der Waals surface area (Å²) in [4.78, 5) is 4.48. The van der Waals surface area contributed by atoms with Gasteiger partial charge in [0.15, 0.2) is 0 Å². The Labute approximate surface area is 126 Å². The van der Waals surface area contributed by atoms with Crippen LogP contribution in [-0.2, 0) is 0 Å². The normalized spacial score (nSPS) is 18.7. The lowest BCUT2D eigenvalue weighted by Crippen LogP contribution is -2.24. The van der Waals surface area contributed by atoms with Gasteiger partial charge in [-0.2, -0.15) is 0 Å². The third-order valence-electron chi connectivity index (χ3n) is 3.71. The monoisotopic (exact) mass is 279 g/mol. The van der Waals surface area contributed by atoms with Gasteiger partial charge < -0.3 is 15.1 Å². The Kier molecular flexibility index (Phi) is 3.57. The second kappa shape index (κ2) is 5.52. The van der Waals surface area contributed by atoms with E-state index >= 15 is 0 Å². The van der Waals surface area contributed by atoms with Crippen LogP contribution in [0.4, 0.5) is 5.69 Å². The van der Waals surface area contributed by atoms with Crippen LogP contribution in [0.15, 0.2) is 60.9 Å². The molecule has 21 heavy (non-hydrogen) atoms. The summed E-state index contributed by atoms with van der Waals surface area (Å²) in [5, 5.41) is 3.23. The first-order valence-electron chi connectivity index (χ1n) is 7.23. The second-order valence-corrected chi connectivity index (χ2v) is 5.62. The van der Waals surface area contributed by atoms with Crippen LogP contribution in [0.1, 0.15) is 16.7 Å². The molecule has 1 aromatic carbocycles. The number of hydrogen-bond acceptors (Lipinski definition) is 3. The van der Waals surface area contributed by atoms with Crippen molar-refractivity contribution in [2.24, 2.45) is 0 Å². The van der Waals surface area contributed by atoms with E-state index in [1.807, 2.05) is 18.4 Å². The molecule has 0 radical (unpaired) electrons. The summed E-state index contributed by atoms with van der Waals surface area (Å²) in [6, 6.07) is 4.49. The van der Waals surface area contributed by atoms with Gasteiger partial charge >= 0.3 is 0 Å². The zero-order chi connectivity index (χ0) is 14.8. The highest BCUT2D eigenvalue weighted by Crippen LogP contribution is 2.29. The summed E-state index contributed by atoms with van der Waals surface area (Å²) < 4.78 is 0. The van der Waals surface area contributed by atoms with Gasteiger partial charge in [0.2, 0.25) is 0 Å². The predicted molar refractivity (Wildman–Crippen MR) is 88.5 cm³/mol. The van der Waals surface area contributed by atoms with Gasteiger partial charge in [0.25, 0.3) is 0 Å². The van der Waals surface area contributed by atoms with Gasteiger partial charge in [-0.25, -0.2) is 0 Å². The Morgan fingerprint density at radius 1 is 1.05 bits per heavy atom. The molecular weight excluding hydrogens is 258 g/mol. The number of benzene rings is 1. The highest BCUT2D eigenvalue weighted by atomic mass is 15.3. The summed E-state index contributed by atoms with van der Waals surface area (Å²) in [7, 11) is 0. The second-order valence-electron chi connectivity index (χ2n) is 5.62. The van der Waals surface area contributed by atoms with Crippen molar-refractivity contribution in [1.29, 1.82) is 0 Å². The van der Waals surface area contributed by atoms with Crippen molar-refractivity contribution in [3.05, 3.63) is 77.5 Å². The van der Waals surface area contributed by atoms with Crippen LogP contribution < -0.4 is 10.2 Å². The number of hydrogen-bond donors (Lipinski definition) is 1. The Morgan fingerprint density at radius 3 is 2.48 bits per heavy atom. The minimum atomic E-state index is 0.841. The molecule has 1 aromatic rings. The molecule has 0 saturated heterocycles. The highest BCUT2D eigenvalue weighted by molar-refractivity contribution is 5.62. The molecule has 3 rings (SSSR count). The topological polar surface area (TPSA) is 18.5 Å². The molecule has 0 atom stereocenters. The van der Waals surface area contributed by atoms with Crippen molar-refractivity contribution < 1.29 is 0 Å². The fourth-order valence-electron chi connectivity index (χ4n) is 2.96. The number of nitrogens with one attached hydrogen (secondary N) is 1. The number of allylic oxidation sites excluding steroid dienone is 3. The van der Waals surface area contributed by atoms with Crippen LogP contribution in [0.5, 0.6) is 0 Å². The minimum Gasteiger partial charge on any atom is -0.361 e. The van der Waals surface area contributed by atoms with Crippen LogP contribution >= 0.6 is 0 Å². The summed E-state index contributed by atoms with van der Waals surface area (Å²) >= 11 is 0. The molecule has 1 N–H and O–H groups in total. The molecule has 2 aliphatic rings. The number of anilines is 1. The van der Waals surface area contributed by atoms with Crippen molar-refractivity contribution >= 4 is 5.69 Å². The Balaban J connectivity index is 1.78. The van der Waals surface area contributed by atoms with Crippen LogP contribution in [0.3, 0.4) is 0 Å². The van der Waals surface area contributed by atoms with E-state index in [-0.39, 0.29) is 0 Å². The van der Waals surface area contributed by atoms with Crippen LogP contribution in [0.25, 0.3) is 0 Å². The molecule has 2 heterocycles. The first kappa shape index (κ1) is 13.6. The standard InChI is InChI=1S/C18H21N3/c1-14-10-15(2)18(16(3)11-14)21-9-8-20(13-21)12-17-6-4-5-7-19-17/h4-12,19H,13H2,1-3H3/b17-12-. The van der Waals surface area contributed by atoms with E-state index in [2.05, 4.69) is 72.7 Å². The fourth-order valence-corrected chi connectivity index (χ4v) is 2.96. The number of dihydropyridines is 1. The molecule has 108 valence electrons. The number of nitrogens with zero attached hydrogens (tertiary/aromatic N) is 2. The molecule has 0 fully saturated rings. The van der Waals surface area contributed by atoms with Crippen molar-refractivity contribution in [2.45, 2.75) is 20.8 Å². The summed E-state index contributed by atoms with van der Waals surface area (Å²) in [6.07, 6.45) is 14.4. The van der Waals surface area contributed by atoms with E-state index in [4.69, 9.17) is 0 Å². The molecule has 3 heteroatoms. The molecule has 0 aromatic heterocycles. The quantitative estimate of drug-likeness (QED) is 0.891. The van der Waals surface area contributed by atoms with E-state index in [1.165, 1.54) is 22.4 Å². The van der Waals surface area contributed by atoms with Gasteiger partial charge in [0.1, 0.15) is 0 Å². The molecular formula is C18H21N3. The zero-order valence-electron chi connectivity index (χ0n) is 12.8. The molecule has 2 aliphatic heterocycles. The maximum Gasteiger partial charge on any atom is 0.0984 e. The van der Waals surface area contributed by atoms with E-state index in [0.29, 0.717) is 0 Å². The van der Waals surface area contributed by atoms with Crippen molar-refractivity contribution in [2.75, 3.05) is 11.6 Å². The lowest BCUT2D eigenvalue weighted by Gasteiger charge is -2.23. The first-order valence-corrected chi connectivity index (χ1v) is 7.23. The minimum absolute atomic E-state index is 0.841. The van der Waals surface area contributed by atoms with E-state index < -0.39 is 0 Å².